The lowest BCUT2D eigenvalue weighted by atomic mass is 10.1. The molecule has 0 amide bonds. The van der Waals surface area contributed by atoms with Crippen LogP contribution < -0.4 is 4.52 Å². The Morgan fingerprint density at radius 1 is 0.769 bits per heavy atom. The zero-order valence-corrected chi connectivity index (χ0v) is 18.9. The third kappa shape index (κ3) is 4.87. The second-order valence-electron chi connectivity index (χ2n) is 5.12. The average molecular weight is 475 g/mol. The largest absolute Gasteiger partial charge is 0.431 e. The summed E-state index contributed by atoms with van der Waals surface area (Å²) in [4.78, 5) is 0. The Morgan fingerprint density at radius 2 is 1.31 bits per heavy atom. The molecule has 6 nitrogen and oxygen atoms in total. The van der Waals surface area contributed by atoms with E-state index < -0.39 is 20.4 Å². The van der Waals surface area contributed by atoms with Gasteiger partial charge in [0.1, 0.15) is 5.75 Å². The second-order valence-corrected chi connectivity index (χ2v) is 14.8. The molecule has 0 radical (unpaired) electrons. The van der Waals surface area contributed by atoms with Crippen molar-refractivity contribution in [3.63, 3.8) is 0 Å². The first-order valence-electron chi connectivity index (χ1n) is 7.77. The molecule has 12 heteroatoms. The van der Waals surface area contributed by atoms with Gasteiger partial charge in [0.25, 0.3) is 0 Å². The molecule has 3 atom stereocenters. The second kappa shape index (κ2) is 8.15. The number of rotatable bonds is 6. The molecular formula is C14H17Cl3N3O3P3. The van der Waals surface area contributed by atoms with Crippen LogP contribution in [0.25, 0.3) is 10.8 Å². The van der Waals surface area contributed by atoms with Crippen LogP contribution in [0.3, 0.4) is 0 Å². The van der Waals surface area contributed by atoms with Gasteiger partial charge in [-0.3, -0.25) is 0 Å². The molecule has 0 aromatic heterocycles. The monoisotopic (exact) mass is 473 g/mol. The molecule has 0 fully saturated rings. The van der Waals surface area contributed by atoms with Crippen LogP contribution in [-0.2, 0) is 9.05 Å². The van der Waals surface area contributed by atoms with Crippen LogP contribution in [0.5, 0.6) is 5.75 Å². The number of halogens is 3. The summed E-state index contributed by atoms with van der Waals surface area (Å²) >= 11 is 19.5. The Hall–Kier alpha value is -0.0200. The van der Waals surface area contributed by atoms with E-state index in [2.05, 4.69) is 13.5 Å². The maximum atomic E-state index is 6.62. The van der Waals surface area contributed by atoms with Crippen molar-refractivity contribution in [3.8, 4) is 5.75 Å². The molecule has 0 saturated carbocycles. The van der Waals surface area contributed by atoms with Gasteiger partial charge in [0.15, 0.2) is 0 Å². The minimum Gasteiger partial charge on any atom is -0.431 e. The van der Waals surface area contributed by atoms with Crippen LogP contribution in [0, 0.1) is 0 Å². The normalized spacial score (nSPS) is 31.0. The van der Waals surface area contributed by atoms with Crippen LogP contribution in [0.4, 0.5) is 0 Å². The molecule has 3 rings (SSSR count). The van der Waals surface area contributed by atoms with Gasteiger partial charge < -0.3 is 13.6 Å². The molecule has 1 heterocycles. The SMILES string of the molecule is CCO[P@]1(Cl)=N[P@@](Cl)(Oc2ccc3ccccc3c2)=N[P@](Cl)(OCC)=N1. The van der Waals surface area contributed by atoms with Crippen LogP contribution >= 0.6 is 54.1 Å². The third-order valence-electron chi connectivity index (χ3n) is 3.19. The topological polar surface area (TPSA) is 64.8 Å². The first-order valence-corrected chi connectivity index (χ1v) is 15.3. The van der Waals surface area contributed by atoms with Crippen LogP contribution in [-0.4, -0.2) is 13.2 Å². The van der Waals surface area contributed by atoms with Gasteiger partial charge in [-0.2, -0.15) is 13.5 Å². The number of hydrogen-bond donors (Lipinski definition) is 0. The fraction of sp³-hybridized carbons (Fsp3) is 0.286. The van der Waals surface area contributed by atoms with Crippen molar-refractivity contribution in [3.05, 3.63) is 42.5 Å². The first-order chi connectivity index (χ1) is 12.3. The first kappa shape index (κ1) is 20.7. The summed E-state index contributed by atoms with van der Waals surface area (Å²) in [5.74, 6) is 0.515. The molecule has 2 aromatic carbocycles. The summed E-state index contributed by atoms with van der Waals surface area (Å²) in [6.45, 7) is -5.28. The minimum atomic E-state index is -3.25. The van der Waals surface area contributed by atoms with Crippen molar-refractivity contribution in [2.75, 3.05) is 13.2 Å². The Balaban J connectivity index is 2.06. The number of nitrogens with zero attached hydrogens (tertiary/aromatic N) is 3. The molecule has 0 saturated heterocycles. The highest BCUT2D eigenvalue weighted by Crippen LogP contribution is 2.83. The van der Waals surface area contributed by atoms with Gasteiger partial charge in [0, 0.05) is 0 Å². The van der Waals surface area contributed by atoms with E-state index in [0.717, 1.165) is 10.8 Å². The van der Waals surface area contributed by atoms with Crippen LogP contribution in [0.1, 0.15) is 13.8 Å². The van der Waals surface area contributed by atoms with Gasteiger partial charge in [-0.15, -0.1) is 0 Å². The van der Waals surface area contributed by atoms with Crippen molar-refractivity contribution in [2.24, 2.45) is 13.5 Å². The van der Waals surface area contributed by atoms with Crippen molar-refractivity contribution in [1.29, 1.82) is 0 Å². The lowest BCUT2D eigenvalue weighted by Crippen LogP contribution is -1.92. The Labute approximate surface area is 167 Å². The predicted octanol–water partition coefficient (Wildman–Crippen LogP) is 8.86. The van der Waals surface area contributed by atoms with Gasteiger partial charge in [-0.1, -0.05) is 30.3 Å². The molecule has 0 unspecified atom stereocenters. The highest BCUT2D eigenvalue weighted by atomic mass is 35.7. The summed E-state index contributed by atoms with van der Waals surface area (Å²) in [6, 6.07) is 13.5. The smallest absolute Gasteiger partial charge is 0.352 e. The molecule has 0 N–H and O–H groups in total. The molecule has 1 aliphatic heterocycles. The molecule has 2 aromatic rings. The minimum absolute atomic E-state index is 0.306. The highest BCUT2D eigenvalue weighted by Gasteiger charge is 2.37. The van der Waals surface area contributed by atoms with Crippen LogP contribution in [0.15, 0.2) is 56.0 Å². The summed E-state index contributed by atoms with van der Waals surface area (Å²) in [6.07, 6.45) is 0. The maximum absolute atomic E-state index is 6.62. The summed E-state index contributed by atoms with van der Waals surface area (Å²) in [7, 11) is 0. The number of hydrogen-bond acceptors (Lipinski definition) is 6. The molecular weight excluding hydrogens is 457 g/mol. The number of benzene rings is 2. The van der Waals surface area contributed by atoms with Gasteiger partial charge >= 0.3 is 20.4 Å². The standard InChI is InChI=1S/C14H17Cl3N3O3P3/c1-3-21-24(15)18-25(16,22-4-2)20-26(17,19-24)23-14-10-9-12-7-5-6-8-13(12)11-14/h5-11H,3-4H2,1-2H3/t24-,25+,26+. The number of fused-ring (bicyclic) bond motifs is 1. The molecule has 26 heavy (non-hydrogen) atoms. The van der Waals surface area contributed by atoms with E-state index >= 15 is 0 Å². The summed E-state index contributed by atoms with van der Waals surface area (Å²) < 4.78 is 29.9. The molecule has 0 bridgehead atoms. The zero-order valence-electron chi connectivity index (χ0n) is 14.0. The summed E-state index contributed by atoms with van der Waals surface area (Å²) in [5.41, 5.74) is 0. The fourth-order valence-corrected chi connectivity index (χ4v) is 15.8. The van der Waals surface area contributed by atoms with Crippen molar-refractivity contribution >= 4 is 64.8 Å². The average Bonchev–Trinajstić information content (AvgIpc) is 2.52. The predicted molar refractivity (Wildman–Crippen MR) is 113 cm³/mol. The maximum Gasteiger partial charge on any atom is 0.352 e. The van der Waals surface area contributed by atoms with Crippen molar-refractivity contribution < 1.29 is 13.6 Å². The molecule has 1 aliphatic rings. The molecule has 0 spiro atoms. The molecule has 142 valence electrons. The van der Waals surface area contributed by atoms with E-state index in [0.29, 0.717) is 19.0 Å². The van der Waals surface area contributed by atoms with E-state index in [-0.39, 0.29) is 0 Å². The van der Waals surface area contributed by atoms with E-state index in [4.69, 9.17) is 47.3 Å². The Bertz CT molecular complexity index is 987. The van der Waals surface area contributed by atoms with Gasteiger partial charge in [0.05, 0.1) is 13.2 Å². The van der Waals surface area contributed by atoms with Crippen LogP contribution in [0.2, 0.25) is 0 Å². The fourth-order valence-electron chi connectivity index (χ4n) is 2.29. The quantitative estimate of drug-likeness (QED) is 0.393. The lowest BCUT2D eigenvalue weighted by Gasteiger charge is -2.26. The van der Waals surface area contributed by atoms with Crippen molar-refractivity contribution in [1.82, 2.24) is 0 Å². The van der Waals surface area contributed by atoms with Crippen molar-refractivity contribution in [2.45, 2.75) is 13.8 Å². The van der Waals surface area contributed by atoms with Gasteiger partial charge in [0.2, 0.25) is 0 Å². The van der Waals surface area contributed by atoms with E-state index in [1.807, 2.05) is 36.4 Å². The van der Waals surface area contributed by atoms with Gasteiger partial charge in [-0.25, -0.2) is 0 Å². The van der Waals surface area contributed by atoms with E-state index in [1.54, 1.807) is 19.9 Å². The Kier molecular flexibility index (Phi) is 6.49. The van der Waals surface area contributed by atoms with E-state index in [9.17, 15) is 0 Å². The third-order valence-corrected chi connectivity index (χ3v) is 14.5. The van der Waals surface area contributed by atoms with E-state index in [1.165, 1.54) is 0 Å². The zero-order chi connectivity index (χ0) is 18.8. The lowest BCUT2D eigenvalue weighted by molar-refractivity contribution is 0.372. The Morgan fingerprint density at radius 3 is 1.92 bits per heavy atom. The molecule has 0 aliphatic carbocycles. The highest BCUT2D eigenvalue weighted by molar-refractivity contribution is 8.05. The summed E-state index contributed by atoms with van der Waals surface area (Å²) in [5, 5.41) is 2.08. The van der Waals surface area contributed by atoms with Gasteiger partial charge in [-0.05, 0) is 70.5 Å².